The molecule has 0 aromatic carbocycles. The van der Waals surface area contributed by atoms with Crippen LogP contribution in [0.5, 0.6) is 0 Å². The van der Waals surface area contributed by atoms with Gasteiger partial charge in [0.25, 0.3) is 0 Å². The van der Waals surface area contributed by atoms with Gasteiger partial charge in [-0.3, -0.25) is 0 Å². The van der Waals surface area contributed by atoms with Gasteiger partial charge in [0.05, 0.1) is 9.50 Å². The van der Waals surface area contributed by atoms with E-state index in [1.807, 2.05) is 4.90 Å². The molecule has 88 valence electrons. The van der Waals surface area contributed by atoms with Gasteiger partial charge in [-0.15, -0.1) is 0 Å². The Morgan fingerprint density at radius 3 is 2.88 bits per heavy atom. The molecule has 1 aromatic rings. The summed E-state index contributed by atoms with van der Waals surface area (Å²) in [5, 5.41) is 0.528. The molecule has 0 spiro atoms. The molecule has 1 fully saturated rings. The van der Waals surface area contributed by atoms with Crippen molar-refractivity contribution in [2.24, 2.45) is 5.92 Å². The normalized spacial score (nSPS) is 20.8. The third-order valence-corrected chi connectivity index (χ3v) is 3.46. The summed E-state index contributed by atoms with van der Waals surface area (Å²) in [6.45, 7) is 0.965. The summed E-state index contributed by atoms with van der Waals surface area (Å²) in [7, 11) is 0. The lowest BCUT2D eigenvalue weighted by atomic mass is 10.1. The van der Waals surface area contributed by atoms with Gasteiger partial charge in [0.15, 0.2) is 0 Å². The molecule has 2 nitrogen and oxygen atoms in total. The fourth-order valence-corrected chi connectivity index (χ4v) is 2.71. The largest absolute Gasteiger partial charge is 0.355 e. The average molecular weight is 312 g/mol. The Morgan fingerprint density at radius 2 is 2.31 bits per heavy atom. The van der Waals surface area contributed by atoms with E-state index < -0.39 is 12.3 Å². The maximum atomic E-state index is 12.5. The van der Waals surface area contributed by atoms with Gasteiger partial charge in [0.1, 0.15) is 5.82 Å². The molecule has 0 aliphatic carbocycles. The highest BCUT2D eigenvalue weighted by atomic mass is 79.9. The van der Waals surface area contributed by atoms with Crippen molar-refractivity contribution < 1.29 is 8.78 Å². The first-order valence-electron chi connectivity index (χ1n) is 4.92. The van der Waals surface area contributed by atoms with E-state index in [2.05, 4.69) is 20.9 Å². The van der Waals surface area contributed by atoms with Gasteiger partial charge >= 0.3 is 0 Å². The van der Waals surface area contributed by atoms with Crippen LogP contribution in [0.1, 0.15) is 6.42 Å². The highest BCUT2D eigenvalue weighted by Crippen LogP contribution is 2.32. The van der Waals surface area contributed by atoms with Crippen LogP contribution < -0.4 is 4.90 Å². The third-order valence-electron chi connectivity index (χ3n) is 2.67. The molecule has 0 amide bonds. The van der Waals surface area contributed by atoms with E-state index in [0.717, 1.165) is 4.47 Å². The topological polar surface area (TPSA) is 16.1 Å². The lowest BCUT2D eigenvalue weighted by Gasteiger charge is -2.18. The molecule has 2 rings (SSSR count). The third kappa shape index (κ3) is 2.46. The highest BCUT2D eigenvalue weighted by Gasteiger charge is 2.30. The minimum absolute atomic E-state index is 0.352. The molecule has 1 aromatic heterocycles. The van der Waals surface area contributed by atoms with Crippen LogP contribution in [0.4, 0.5) is 14.6 Å². The lowest BCUT2D eigenvalue weighted by molar-refractivity contribution is 0.0880. The number of nitrogens with zero attached hydrogens (tertiary/aromatic N) is 2. The second-order valence-corrected chi connectivity index (χ2v) is 5.08. The molecule has 0 bridgehead atoms. The number of hydrogen-bond acceptors (Lipinski definition) is 2. The second kappa shape index (κ2) is 4.84. The SMILES string of the molecule is FC(F)C1CCN(c2ncc(Cl)cc2Br)C1. The van der Waals surface area contributed by atoms with Crippen LogP contribution in [0.25, 0.3) is 0 Å². The molecular weight excluding hydrogens is 301 g/mol. The summed E-state index contributed by atoms with van der Waals surface area (Å²) >= 11 is 9.11. The van der Waals surface area contributed by atoms with Gasteiger partial charge in [-0.1, -0.05) is 11.6 Å². The zero-order valence-corrected chi connectivity index (χ0v) is 10.7. The van der Waals surface area contributed by atoms with Crippen molar-refractivity contribution in [1.29, 1.82) is 0 Å². The van der Waals surface area contributed by atoms with E-state index in [0.29, 0.717) is 30.4 Å². The Hall–Kier alpha value is -0.420. The number of anilines is 1. The van der Waals surface area contributed by atoms with Gasteiger partial charge in [-0.25, -0.2) is 13.8 Å². The molecule has 16 heavy (non-hydrogen) atoms. The first kappa shape index (κ1) is 12.0. The molecule has 1 aliphatic heterocycles. The first-order valence-corrected chi connectivity index (χ1v) is 6.09. The van der Waals surface area contributed by atoms with Crippen molar-refractivity contribution in [3.8, 4) is 0 Å². The zero-order valence-electron chi connectivity index (χ0n) is 8.34. The molecule has 1 aliphatic rings. The summed E-state index contributed by atoms with van der Waals surface area (Å²) in [4.78, 5) is 6.01. The standard InChI is InChI=1S/C10H10BrClF2N2/c11-8-3-7(12)4-15-10(8)16-2-1-6(5-16)9(13)14/h3-4,6,9H,1-2,5H2. The fraction of sp³-hybridized carbons (Fsp3) is 0.500. The Balaban J connectivity index is 2.14. The number of halogens is 4. The van der Waals surface area contributed by atoms with Gasteiger partial charge in [-0.2, -0.15) is 0 Å². The van der Waals surface area contributed by atoms with Crippen molar-refractivity contribution >= 4 is 33.3 Å². The van der Waals surface area contributed by atoms with E-state index in [-0.39, 0.29) is 0 Å². The number of alkyl halides is 2. The summed E-state index contributed by atoms with van der Waals surface area (Å²) in [6.07, 6.45) is -0.220. The van der Waals surface area contributed by atoms with E-state index in [4.69, 9.17) is 11.6 Å². The predicted molar refractivity (Wildman–Crippen MR) is 63.3 cm³/mol. The maximum Gasteiger partial charge on any atom is 0.243 e. The van der Waals surface area contributed by atoms with Crippen molar-refractivity contribution in [3.63, 3.8) is 0 Å². The number of rotatable bonds is 2. The summed E-state index contributed by atoms with van der Waals surface area (Å²) < 4.78 is 25.8. The van der Waals surface area contributed by atoms with Crippen molar-refractivity contribution in [2.45, 2.75) is 12.8 Å². The van der Waals surface area contributed by atoms with Crippen molar-refractivity contribution in [1.82, 2.24) is 4.98 Å². The van der Waals surface area contributed by atoms with E-state index in [9.17, 15) is 8.78 Å². The van der Waals surface area contributed by atoms with Crippen molar-refractivity contribution in [3.05, 3.63) is 21.8 Å². The maximum absolute atomic E-state index is 12.5. The minimum Gasteiger partial charge on any atom is -0.355 e. The Labute approximate surface area is 106 Å². The van der Waals surface area contributed by atoms with E-state index >= 15 is 0 Å². The quantitative estimate of drug-likeness (QED) is 0.830. The monoisotopic (exact) mass is 310 g/mol. The van der Waals surface area contributed by atoms with E-state index in [1.54, 1.807) is 6.07 Å². The van der Waals surface area contributed by atoms with Crippen LogP contribution in [-0.2, 0) is 0 Å². The summed E-state index contributed by atoms with van der Waals surface area (Å²) in [5.41, 5.74) is 0. The first-order chi connectivity index (χ1) is 7.58. The number of pyridine rings is 1. The van der Waals surface area contributed by atoms with Crippen LogP contribution in [0.3, 0.4) is 0 Å². The fourth-order valence-electron chi connectivity index (χ4n) is 1.83. The summed E-state index contributed by atoms with van der Waals surface area (Å²) in [5.74, 6) is 0.136. The Morgan fingerprint density at radius 1 is 1.56 bits per heavy atom. The van der Waals surface area contributed by atoms with Crippen LogP contribution in [-0.4, -0.2) is 24.5 Å². The van der Waals surface area contributed by atoms with Crippen LogP contribution in [0.2, 0.25) is 5.02 Å². The predicted octanol–water partition coefficient (Wildman–Crippen LogP) is 3.59. The van der Waals surface area contributed by atoms with E-state index in [1.165, 1.54) is 6.20 Å². The zero-order chi connectivity index (χ0) is 11.7. The van der Waals surface area contributed by atoms with Crippen LogP contribution in [0, 0.1) is 5.92 Å². The molecule has 1 unspecified atom stereocenters. The molecule has 2 heterocycles. The average Bonchev–Trinajstić information content (AvgIpc) is 2.66. The highest BCUT2D eigenvalue weighted by molar-refractivity contribution is 9.10. The molecule has 0 saturated carbocycles. The summed E-state index contributed by atoms with van der Waals surface area (Å²) in [6, 6.07) is 1.72. The molecular formula is C10H10BrClF2N2. The second-order valence-electron chi connectivity index (χ2n) is 3.79. The molecule has 0 radical (unpaired) electrons. The Bertz CT molecular complexity index is 389. The molecule has 1 atom stereocenters. The smallest absolute Gasteiger partial charge is 0.243 e. The molecule has 6 heteroatoms. The van der Waals surface area contributed by atoms with Gasteiger partial charge in [-0.05, 0) is 28.4 Å². The van der Waals surface area contributed by atoms with Crippen LogP contribution in [0.15, 0.2) is 16.7 Å². The molecule has 1 saturated heterocycles. The Kier molecular flexibility index (Phi) is 3.64. The lowest BCUT2D eigenvalue weighted by Crippen LogP contribution is -2.23. The van der Waals surface area contributed by atoms with Gasteiger partial charge < -0.3 is 4.90 Å². The molecule has 0 N–H and O–H groups in total. The van der Waals surface area contributed by atoms with Crippen molar-refractivity contribution in [2.75, 3.05) is 18.0 Å². The minimum atomic E-state index is -2.25. The number of aromatic nitrogens is 1. The van der Waals surface area contributed by atoms with Crippen LogP contribution >= 0.6 is 27.5 Å². The van der Waals surface area contributed by atoms with Gasteiger partial charge in [0.2, 0.25) is 6.43 Å². The van der Waals surface area contributed by atoms with Gasteiger partial charge in [0, 0.05) is 25.2 Å². The number of hydrogen-bond donors (Lipinski definition) is 0.